The highest BCUT2D eigenvalue weighted by Crippen LogP contribution is 2.43. The Labute approximate surface area is 124 Å². The Morgan fingerprint density at radius 3 is 2.95 bits per heavy atom. The van der Waals surface area contributed by atoms with E-state index in [1.165, 1.54) is 11.3 Å². The number of halogens is 1. The summed E-state index contributed by atoms with van der Waals surface area (Å²) in [5, 5.41) is 4.00. The highest BCUT2D eigenvalue weighted by atomic mass is 35.5. The second-order valence-corrected chi connectivity index (χ2v) is 5.63. The van der Waals surface area contributed by atoms with E-state index < -0.39 is 0 Å². The normalized spacial score (nSPS) is 12.9. The number of hydrogen-bond acceptors (Lipinski definition) is 5. The molecule has 106 valence electrons. The number of carbonyl (C=O) groups is 1. The highest BCUT2D eigenvalue weighted by Gasteiger charge is 2.21. The monoisotopic (exact) mass is 313 g/mol. The molecule has 1 aliphatic heterocycles. The number of rotatable bonds is 4. The first-order valence-electron chi connectivity index (χ1n) is 5.99. The summed E-state index contributed by atoms with van der Waals surface area (Å²) in [4.78, 5) is 12.5. The van der Waals surface area contributed by atoms with Crippen LogP contribution < -0.4 is 14.8 Å². The zero-order valence-electron chi connectivity index (χ0n) is 10.7. The molecule has 0 bridgehead atoms. The summed E-state index contributed by atoms with van der Waals surface area (Å²) in [5.74, 6) is 1.14. The molecule has 1 N–H and O–H groups in total. The van der Waals surface area contributed by atoms with Crippen molar-refractivity contribution in [1.82, 2.24) is 5.32 Å². The summed E-state index contributed by atoms with van der Waals surface area (Å²) in [6.45, 7) is 1.13. The van der Waals surface area contributed by atoms with E-state index in [2.05, 4.69) is 5.32 Å². The van der Waals surface area contributed by atoms with Crippen LogP contribution in [0.2, 0.25) is 5.02 Å². The standard InChI is InChI=1S/C13H12ClNO4S/c1-17-3-2-15-13(16)12-11(14)7-4-8-9(19-6-18-8)5-10(7)20-12/h4-5H,2-3,6H2,1H3,(H,15,16). The molecule has 1 aromatic heterocycles. The number of amides is 1. The van der Waals surface area contributed by atoms with Gasteiger partial charge in [0.2, 0.25) is 6.79 Å². The van der Waals surface area contributed by atoms with Gasteiger partial charge >= 0.3 is 0 Å². The fourth-order valence-corrected chi connectivity index (χ4v) is 3.38. The number of carbonyl (C=O) groups excluding carboxylic acids is 1. The predicted octanol–water partition coefficient (Wildman–Crippen LogP) is 2.66. The van der Waals surface area contributed by atoms with E-state index in [9.17, 15) is 4.79 Å². The van der Waals surface area contributed by atoms with Crippen molar-refractivity contribution in [3.05, 3.63) is 22.0 Å². The first-order valence-corrected chi connectivity index (χ1v) is 7.19. The van der Waals surface area contributed by atoms with Gasteiger partial charge in [-0.1, -0.05) is 11.6 Å². The third kappa shape index (κ3) is 2.30. The number of nitrogens with one attached hydrogen (secondary N) is 1. The average molecular weight is 314 g/mol. The molecular formula is C13H12ClNO4S. The molecule has 1 amide bonds. The number of methoxy groups -OCH3 is 1. The average Bonchev–Trinajstić information content (AvgIpc) is 3.01. The van der Waals surface area contributed by atoms with Crippen LogP contribution >= 0.6 is 22.9 Å². The third-order valence-corrected chi connectivity index (χ3v) is 4.58. The van der Waals surface area contributed by atoms with Crippen LogP contribution in [0.25, 0.3) is 10.1 Å². The number of hydrogen-bond donors (Lipinski definition) is 1. The van der Waals surface area contributed by atoms with Crippen molar-refractivity contribution >= 4 is 38.9 Å². The fraction of sp³-hybridized carbons (Fsp3) is 0.308. The van der Waals surface area contributed by atoms with Crippen molar-refractivity contribution in [2.45, 2.75) is 0 Å². The van der Waals surface area contributed by atoms with Gasteiger partial charge in [-0.3, -0.25) is 4.79 Å². The molecule has 3 rings (SSSR count). The van der Waals surface area contributed by atoms with Gasteiger partial charge in [-0.05, 0) is 6.07 Å². The summed E-state index contributed by atoms with van der Waals surface area (Å²) in [6, 6.07) is 3.66. The van der Waals surface area contributed by atoms with Crippen molar-refractivity contribution in [3.63, 3.8) is 0 Å². The summed E-state index contributed by atoms with van der Waals surface area (Å²) < 4.78 is 16.4. The largest absolute Gasteiger partial charge is 0.454 e. The number of benzene rings is 1. The van der Waals surface area contributed by atoms with Gasteiger partial charge in [0.05, 0.1) is 11.6 Å². The molecule has 7 heteroatoms. The minimum atomic E-state index is -0.199. The molecule has 0 fully saturated rings. The summed E-state index contributed by atoms with van der Waals surface area (Å²) in [5.41, 5.74) is 0. The number of ether oxygens (including phenoxy) is 3. The molecule has 20 heavy (non-hydrogen) atoms. The van der Waals surface area contributed by atoms with Gasteiger partial charge in [0.1, 0.15) is 4.88 Å². The second-order valence-electron chi connectivity index (χ2n) is 4.20. The van der Waals surface area contributed by atoms with Crippen LogP contribution in [0.4, 0.5) is 0 Å². The summed E-state index contributed by atoms with van der Waals surface area (Å²) >= 11 is 7.62. The molecule has 1 aliphatic rings. The van der Waals surface area contributed by atoms with Gasteiger partial charge in [0, 0.05) is 29.8 Å². The van der Waals surface area contributed by atoms with Crippen LogP contribution in [-0.4, -0.2) is 33.0 Å². The SMILES string of the molecule is COCCNC(=O)c1sc2cc3c(cc2c1Cl)OCO3. The van der Waals surface area contributed by atoms with Crippen LogP contribution in [-0.2, 0) is 4.74 Å². The lowest BCUT2D eigenvalue weighted by molar-refractivity contribution is 0.0941. The molecule has 0 radical (unpaired) electrons. The molecule has 0 atom stereocenters. The zero-order chi connectivity index (χ0) is 14.1. The smallest absolute Gasteiger partial charge is 0.263 e. The molecule has 0 saturated heterocycles. The van der Waals surface area contributed by atoms with Crippen molar-refractivity contribution in [2.24, 2.45) is 0 Å². The van der Waals surface area contributed by atoms with Gasteiger partial charge < -0.3 is 19.5 Å². The molecule has 0 spiro atoms. The maximum absolute atomic E-state index is 12.1. The van der Waals surface area contributed by atoms with Gasteiger partial charge in [-0.25, -0.2) is 0 Å². The molecule has 0 unspecified atom stereocenters. The van der Waals surface area contributed by atoms with Crippen LogP contribution in [0.3, 0.4) is 0 Å². The Kier molecular flexibility index (Phi) is 3.69. The van der Waals surface area contributed by atoms with E-state index in [1.807, 2.05) is 12.1 Å². The Balaban J connectivity index is 1.93. The van der Waals surface area contributed by atoms with Gasteiger partial charge in [-0.15, -0.1) is 11.3 Å². The lowest BCUT2D eigenvalue weighted by atomic mass is 10.2. The lowest BCUT2D eigenvalue weighted by Crippen LogP contribution is -2.26. The maximum atomic E-state index is 12.1. The van der Waals surface area contributed by atoms with Crippen LogP contribution in [0.15, 0.2) is 12.1 Å². The maximum Gasteiger partial charge on any atom is 0.263 e. The Morgan fingerprint density at radius 2 is 2.20 bits per heavy atom. The number of thiophene rings is 1. The second kappa shape index (κ2) is 5.47. The topological polar surface area (TPSA) is 56.8 Å². The molecule has 0 saturated carbocycles. The van der Waals surface area contributed by atoms with Crippen LogP contribution in [0.1, 0.15) is 9.67 Å². The first kappa shape index (κ1) is 13.5. The minimum absolute atomic E-state index is 0.199. The van der Waals surface area contributed by atoms with Crippen molar-refractivity contribution < 1.29 is 19.0 Å². The van der Waals surface area contributed by atoms with Gasteiger partial charge in [0.15, 0.2) is 11.5 Å². The van der Waals surface area contributed by atoms with Crippen molar-refractivity contribution in [3.8, 4) is 11.5 Å². The van der Waals surface area contributed by atoms with E-state index in [0.717, 1.165) is 10.1 Å². The zero-order valence-corrected chi connectivity index (χ0v) is 12.3. The molecule has 2 aromatic rings. The summed E-state index contributed by atoms with van der Waals surface area (Å²) in [7, 11) is 1.58. The molecular weight excluding hydrogens is 302 g/mol. The van der Waals surface area contributed by atoms with E-state index in [4.69, 9.17) is 25.8 Å². The Morgan fingerprint density at radius 1 is 1.45 bits per heavy atom. The molecule has 0 aliphatic carbocycles. The quantitative estimate of drug-likeness (QED) is 0.882. The first-order chi connectivity index (χ1) is 9.70. The Bertz CT molecular complexity index is 670. The molecule has 2 heterocycles. The predicted molar refractivity (Wildman–Crippen MR) is 77.2 cm³/mol. The minimum Gasteiger partial charge on any atom is -0.454 e. The van der Waals surface area contributed by atoms with Crippen molar-refractivity contribution in [1.29, 1.82) is 0 Å². The van der Waals surface area contributed by atoms with Crippen LogP contribution in [0, 0.1) is 0 Å². The Hall–Kier alpha value is -1.50. The molecule has 1 aromatic carbocycles. The van der Waals surface area contributed by atoms with Gasteiger partial charge in [0.25, 0.3) is 5.91 Å². The highest BCUT2D eigenvalue weighted by molar-refractivity contribution is 7.21. The van der Waals surface area contributed by atoms with E-state index in [0.29, 0.717) is 34.6 Å². The summed E-state index contributed by atoms with van der Waals surface area (Å²) in [6.07, 6.45) is 0. The van der Waals surface area contributed by atoms with E-state index in [1.54, 1.807) is 7.11 Å². The van der Waals surface area contributed by atoms with Crippen molar-refractivity contribution in [2.75, 3.05) is 27.1 Å². The fourth-order valence-electron chi connectivity index (χ4n) is 1.95. The van der Waals surface area contributed by atoms with Crippen LogP contribution in [0.5, 0.6) is 11.5 Å². The van der Waals surface area contributed by atoms with E-state index >= 15 is 0 Å². The molecule has 5 nitrogen and oxygen atoms in total. The number of fused-ring (bicyclic) bond motifs is 2. The van der Waals surface area contributed by atoms with E-state index in [-0.39, 0.29) is 12.7 Å². The lowest BCUT2D eigenvalue weighted by Gasteiger charge is -2.02. The third-order valence-electron chi connectivity index (χ3n) is 2.92. The van der Waals surface area contributed by atoms with Gasteiger partial charge in [-0.2, -0.15) is 0 Å².